The number of benzene rings is 1. The van der Waals surface area contributed by atoms with Crippen LogP contribution in [-0.2, 0) is 7.05 Å². The molecule has 24 heavy (non-hydrogen) atoms. The van der Waals surface area contributed by atoms with Gasteiger partial charge in [0.15, 0.2) is 0 Å². The van der Waals surface area contributed by atoms with E-state index in [2.05, 4.69) is 51.4 Å². The first-order valence-corrected chi connectivity index (χ1v) is 8.26. The van der Waals surface area contributed by atoms with Crippen molar-refractivity contribution in [2.24, 2.45) is 17.0 Å². The van der Waals surface area contributed by atoms with Crippen LogP contribution < -0.4 is 5.32 Å². The molecule has 0 spiro atoms. The maximum absolute atomic E-state index is 4.64. The van der Waals surface area contributed by atoms with Gasteiger partial charge in [0.05, 0.1) is 17.6 Å². The normalized spacial score (nSPS) is 15.5. The van der Waals surface area contributed by atoms with E-state index in [9.17, 15) is 0 Å². The van der Waals surface area contributed by atoms with Gasteiger partial charge in [-0.3, -0.25) is 14.7 Å². The van der Waals surface area contributed by atoms with Crippen molar-refractivity contribution in [1.29, 1.82) is 0 Å². The number of aromatic nitrogens is 2. The van der Waals surface area contributed by atoms with Crippen molar-refractivity contribution in [2.45, 2.75) is 25.2 Å². The molecule has 124 valence electrons. The number of nitrogens with one attached hydrogen (secondary N) is 1. The van der Waals surface area contributed by atoms with Crippen LogP contribution in [0.5, 0.6) is 0 Å². The Labute approximate surface area is 142 Å². The highest BCUT2D eigenvalue weighted by atomic mass is 15.3. The van der Waals surface area contributed by atoms with E-state index in [1.54, 1.807) is 17.1 Å². The Morgan fingerprint density at radius 1 is 1.38 bits per heavy atom. The molecular formula is C19H23N5. The number of allylic oxidation sites excluding steroid dienone is 1. The van der Waals surface area contributed by atoms with E-state index < -0.39 is 0 Å². The zero-order chi connectivity index (χ0) is 16.8. The summed E-state index contributed by atoms with van der Waals surface area (Å²) in [7, 11) is 1.89. The highest BCUT2D eigenvalue weighted by Gasteiger charge is 2.19. The minimum Gasteiger partial charge on any atom is -0.364 e. The van der Waals surface area contributed by atoms with Gasteiger partial charge in [-0.05, 0) is 42.7 Å². The van der Waals surface area contributed by atoms with Gasteiger partial charge in [-0.15, -0.1) is 0 Å². The number of aliphatic imine (C=N–C) groups is 2. The van der Waals surface area contributed by atoms with E-state index >= 15 is 0 Å². The van der Waals surface area contributed by atoms with Gasteiger partial charge in [0.2, 0.25) is 0 Å². The van der Waals surface area contributed by atoms with Gasteiger partial charge in [0.25, 0.3) is 0 Å². The molecule has 2 aromatic rings. The molecule has 1 fully saturated rings. The Hall–Kier alpha value is -2.69. The fourth-order valence-corrected chi connectivity index (χ4v) is 2.76. The zero-order valence-electron chi connectivity index (χ0n) is 14.0. The summed E-state index contributed by atoms with van der Waals surface area (Å²) in [4.78, 5) is 8.43. The molecule has 1 saturated carbocycles. The lowest BCUT2D eigenvalue weighted by molar-refractivity contribution is 0.420. The third-order valence-corrected chi connectivity index (χ3v) is 4.36. The lowest BCUT2D eigenvalue weighted by Gasteiger charge is -2.25. The average Bonchev–Trinajstić information content (AvgIpc) is 2.95. The second-order valence-corrected chi connectivity index (χ2v) is 6.03. The standard InChI is InChI=1S/C19H23N5/c1-20-11-10-19(22-14-21-18-12-23-24(2)13-18)17-8-6-16(7-9-17)15-4-3-5-15/h6-13,15,21H,1,3-5,14H2,2H3/b11-10-,22-19+. The molecule has 5 nitrogen and oxygen atoms in total. The Bertz CT molecular complexity index is 735. The summed E-state index contributed by atoms with van der Waals surface area (Å²) in [5.41, 5.74) is 4.36. The smallest absolute Gasteiger partial charge is 0.108 e. The van der Waals surface area contributed by atoms with E-state index in [1.807, 2.05) is 19.3 Å². The summed E-state index contributed by atoms with van der Waals surface area (Å²) in [5.74, 6) is 0.747. The lowest BCUT2D eigenvalue weighted by Crippen LogP contribution is -2.09. The van der Waals surface area contributed by atoms with Crippen LogP contribution in [0.3, 0.4) is 0 Å². The third kappa shape index (κ3) is 3.98. The van der Waals surface area contributed by atoms with Crippen LogP contribution >= 0.6 is 0 Å². The second kappa shape index (κ2) is 7.73. The highest BCUT2D eigenvalue weighted by molar-refractivity contribution is 6.08. The summed E-state index contributed by atoms with van der Waals surface area (Å²) in [5, 5.41) is 7.37. The first-order valence-electron chi connectivity index (χ1n) is 8.26. The van der Waals surface area contributed by atoms with Crippen LogP contribution in [-0.4, -0.2) is 28.9 Å². The van der Waals surface area contributed by atoms with Gasteiger partial charge < -0.3 is 5.32 Å². The molecule has 0 radical (unpaired) electrons. The molecule has 0 unspecified atom stereocenters. The molecule has 0 saturated heterocycles. The molecule has 0 atom stereocenters. The molecule has 5 heteroatoms. The van der Waals surface area contributed by atoms with Crippen molar-refractivity contribution < 1.29 is 0 Å². The predicted molar refractivity (Wildman–Crippen MR) is 100.0 cm³/mol. The van der Waals surface area contributed by atoms with Crippen LogP contribution in [0.4, 0.5) is 5.69 Å². The number of aryl methyl sites for hydroxylation is 1. The molecule has 1 aromatic heterocycles. The Kier molecular flexibility index (Phi) is 5.21. The average molecular weight is 321 g/mol. The second-order valence-electron chi connectivity index (χ2n) is 6.03. The number of hydrogen-bond donors (Lipinski definition) is 1. The van der Waals surface area contributed by atoms with Crippen molar-refractivity contribution >= 4 is 18.1 Å². The molecule has 0 amide bonds. The Morgan fingerprint density at radius 2 is 2.17 bits per heavy atom. The molecule has 1 heterocycles. The topological polar surface area (TPSA) is 54.6 Å². The predicted octanol–water partition coefficient (Wildman–Crippen LogP) is 3.76. The fourth-order valence-electron chi connectivity index (χ4n) is 2.76. The van der Waals surface area contributed by atoms with Crippen LogP contribution in [0.15, 0.2) is 58.9 Å². The van der Waals surface area contributed by atoms with Gasteiger partial charge in [0, 0.05) is 19.4 Å². The maximum atomic E-state index is 4.64. The van der Waals surface area contributed by atoms with Crippen LogP contribution in [0.2, 0.25) is 0 Å². The number of rotatable bonds is 7. The van der Waals surface area contributed by atoms with Gasteiger partial charge in [-0.2, -0.15) is 5.10 Å². The number of hydrogen-bond acceptors (Lipinski definition) is 4. The van der Waals surface area contributed by atoms with E-state index in [0.717, 1.165) is 22.9 Å². The van der Waals surface area contributed by atoms with Crippen LogP contribution in [0.25, 0.3) is 0 Å². The SMILES string of the molecule is C=N/C=C\C(=N/CNc1cnn(C)c1)c1ccc(C2CCC2)cc1. The van der Waals surface area contributed by atoms with E-state index in [0.29, 0.717) is 6.67 Å². The number of nitrogens with zero attached hydrogens (tertiary/aromatic N) is 4. The quantitative estimate of drug-likeness (QED) is 0.789. The van der Waals surface area contributed by atoms with Crippen molar-refractivity contribution in [2.75, 3.05) is 12.0 Å². The fraction of sp³-hybridized carbons (Fsp3) is 0.316. The number of anilines is 1. The minimum absolute atomic E-state index is 0.479. The lowest BCUT2D eigenvalue weighted by atomic mass is 9.80. The first-order chi connectivity index (χ1) is 11.8. The molecule has 1 aliphatic carbocycles. The van der Waals surface area contributed by atoms with E-state index in [-0.39, 0.29) is 0 Å². The Balaban J connectivity index is 1.71. The van der Waals surface area contributed by atoms with Gasteiger partial charge in [-0.1, -0.05) is 30.7 Å². The van der Waals surface area contributed by atoms with Gasteiger partial charge >= 0.3 is 0 Å². The molecule has 0 bridgehead atoms. The third-order valence-electron chi connectivity index (χ3n) is 4.36. The summed E-state index contributed by atoms with van der Waals surface area (Å²) < 4.78 is 1.76. The minimum atomic E-state index is 0.479. The molecule has 1 aromatic carbocycles. The monoisotopic (exact) mass is 321 g/mol. The van der Waals surface area contributed by atoms with Gasteiger partial charge in [0.1, 0.15) is 6.67 Å². The van der Waals surface area contributed by atoms with E-state index in [4.69, 9.17) is 0 Å². The Morgan fingerprint density at radius 3 is 2.75 bits per heavy atom. The largest absolute Gasteiger partial charge is 0.364 e. The first kappa shape index (κ1) is 16.2. The molecule has 3 rings (SSSR count). The highest BCUT2D eigenvalue weighted by Crippen LogP contribution is 2.36. The molecule has 1 aliphatic rings. The maximum Gasteiger partial charge on any atom is 0.108 e. The zero-order valence-corrected chi connectivity index (χ0v) is 14.0. The van der Waals surface area contributed by atoms with Crippen molar-refractivity contribution in [3.63, 3.8) is 0 Å². The van der Waals surface area contributed by atoms with Crippen LogP contribution in [0.1, 0.15) is 36.3 Å². The summed E-state index contributed by atoms with van der Waals surface area (Å²) in [6.07, 6.45) is 11.2. The van der Waals surface area contributed by atoms with Crippen molar-refractivity contribution in [1.82, 2.24) is 9.78 Å². The van der Waals surface area contributed by atoms with Crippen molar-refractivity contribution in [3.8, 4) is 0 Å². The molecular weight excluding hydrogens is 298 g/mol. The summed E-state index contributed by atoms with van der Waals surface area (Å²) in [6.45, 7) is 3.97. The summed E-state index contributed by atoms with van der Waals surface area (Å²) in [6, 6.07) is 8.73. The summed E-state index contributed by atoms with van der Waals surface area (Å²) >= 11 is 0. The van der Waals surface area contributed by atoms with Gasteiger partial charge in [-0.25, -0.2) is 0 Å². The van der Waals surface area contributed by atoms with Crippen molar-refractivity contribution in [3.05, 3.63) is 60.1 Å². The molecule has 1 N–H and O–H groups in total. The van der Waals surface area contributed by atoms with E-state index in [1.165, 1.54) is 24.8 Å². The van der Waals surface area contributed by atoms with Crippen LogP contribution in [0, 0.1) is 0 Å². The molecule has 0 aliphatic heterocycles.